The van der Waals surface area contributed by atoms with Gasteiger partial charge in [-0.05, 0) is 57.4 Å². The largest absolute Gasteiger partial charge is 0.444 e. The maximum Gasteiger partial charge on any atom is 0.410 e. The topological polar surface area (TPSA) is 53.1 Å². The Labute approximate surface area is 194 Å². The summed E-state index contributed by atoms with van der Waals surface area (Å²) in [5, 5.41) is 0. The van der Waals surface area contributed by atoms with Crippen molar-refractivity contribution in [2.24, 2.45) is 0 Å². The minimum Gasteiger partial charge on any atom is -0.444 e. The van der Waals surface area contributed by atoms with Gasteiger partial charge < -0.3 is 14.5 Å². The van der Waals surface area contributed by atoms with Crippen LogP contribution in [0.4, 0.5) is 14.9 Å². The van der Waals surface area contributed by atoms with Crippen LogP contribution in [0.2, 0.25) is 0 Å². The van der Waals surface area contributed by atoms with Crippen molar-refractivity contribution in [3.8, 4) is 11.1 Å². The van der Waals surface area contributed by atoms with Gasteiger partial charge in [-0.15, -0.1) is 0 Å². The Morgan fingerprint density at radius 2 is 1.82 bits per heavy atom. The molecule has 1 saturated heterocycles. The molecule has 0 unspecified atom stereocenters. The zero-order chi connectivity index (χ0) is 23.8. The minimum absolute atomic E-state index is 0.00251. The first-order valence-corrected chi connectivity index (χ1v) is 11.5. The van der Waals surface area contributed by atoms with E-state index >= 15 is 0 Å². The predicted octanol–water partition coefficient (Wildman–Crippen LogP) is 4.32. The van der Waals surface area contributed by atoms with Gasteiger partial charge in [0.2, 0.25) is 5.91 Å². The highest BCUT2D eigenvalue weighted by Gasteiger charge is 2.33. The summed E-state index contributed by atoms with van der Waals surface area (Å²) < 4.78 is 20.2. The highest BCUT2D eigenvalue weighted by Crippen LogP contribution is 2.35. The molecule has 2 aliphatic rings. The number of hydrogen-bond donors (Lipinski definition) is 0. The van der Waals surface area contributed by atoms with Gasteiger partial charge in [0, 0.05) is 43.5 Å². The lowest BCUT2D eigenvalue weighted by atomic mass is 10.0. The normalized spacial score (nSPS) is 18.9. The van der Waals surface area contributed by atoms with Crippen LogP contribution < -0.4 is 4.90 Å². The molecule has 2 aliphatic heterocycles. The van der Waals surface area contributed by atoms with E-state index in [0.29, 0.717) is 38.2 Å². The Hall–Kier alpha value is -2.93. The molecule has 0 aliphatic carbocycles. The summed E-state index contributed by atoms with van der Waals surface area (Å²) >= 11 is 0. The molecule has 2 amide bonds. The Balaban J connectivity index is 1.43. The molecule has 176 valence electrons. The smallest absolute Gasteiger partial charge is 0.410 e. The Kier molecular flexibility index (Phi) is 6.43. The van der Waals surface area contributed by atoms with Gasteiger partial charge in [0.25, 0.3) is 0 Å². The summed E-state index contributed by atoms with van der Waals surface area (Å²) in [6, 6.07) is 12.7. The first-order valence-electron chi connectivity index (χ1n) is 11.5. The molecule has 7 heteroatoms. The van der Waals surface area contributed by atoms with Crippen molar-refractivity contribution in [1.82, 2.24) is 9.80 Å². The quantitative estimate of drug-likeness (QED) is 0.695. The van der Waals surface area contributed by atoms with Crippen LogP contribution in [0, 0.1) is 5.82 Å². The highest BCUT2D eigenvalue weighted by molar-refractivity contribution is 5.97. The van der Waals surface area contributed by atoms with Crippen molar-refractivity contribution in [2.75, 3.05) is 37.6 Å². The van der Waals surface area contributed by atoms with Gasteiger partial charge in [0.1, 0.15) is 11.4 Å². The maximum absolute atomic E-state index is 14.7. The van der Waals surface area contributed by atoms with Gasteiger partial charge in [-0.1, -0.05) is 30.3 Å². The van der Waals surface area contributed by atoms with Gasteiger partial charge in [-0.3, -0.25) is 9.69 Å². The molecule has 6 nitrogen and oxygen atoms in total. The van der Waals surface area contributed by atoms with E-state index in [4.69, 9.17) is 4.74 Å². The van der Waals surface area contributed by atoms with Crippen molar-refractivity contribution in [3.63, 3.8) is 0 Å². The average molecular weight is 454 g/mol. The number of ether oxygens (including phenoxy) is 1. The molecular formula is C26H32FN3O3. The van der Waals surface area contributed by atoms with E-state index < -0.39 is 5.60 Å². The number of amides is 2. The second-order valence-corrected chi connectivity index (χ2v) is 9.88. The van der Waals surface area contributed by atoms with Crippen LogP contribution in [0.5, 0.6) is 0 Å². The van der Waals surface area contributed by atoms with Crippen LogP contribution in [0.3, 0.4) is 0 Å². The van der Waals surface area contributed by atoms with E-state index in [0.717, 1.165) is 16.8 Å². The molecule has 0 aromatic heterocycles. The number of rotatable bonds is 3. The number of benzene rings is 2. The van der Waals surface area contributed by atoms with Gasteiger partial charge in [-0.25, -0.2) is 9.18 Å². The van der Waals surface area contributed by atoms with E-state index in [1.807, 2.05) is 58.0 Å². The number of fused-ring (bicyclic) bond motifs is 1. The van der Waals surface area contributed by atoms with Crippen LogP contribution in [-0.2, 0) is 16.0 Å². The molecule has 0 N–H and O–H groups in total. The number of nitrogens with zero attached hydrogens (tertiary/aromatic N) is 3. The lowest BCUT2D eigenvalue weighted by molar-refractivity contribution is -0.120. The predicted molar refractivity (Wildman–Crippen MR) is 127 cm³/mol. The number of hydrogen-bond acceptors (Lipinski definition) is 4. The SMILES string of the molecule is C[C@@H]1CN(CC(=O)N2CCc3cc(F)c(-c4ccccc4)cc32)CCN1C(=O)OC(C)(C)C. The lowest BCUT2D eigenvalue weighted by Crippen LogP contribution is -2.56. The molecule has 4 rings (SSSR count). The molecular weight excluding hydrogens is 421 g/mol. The molecule has 0 bridgehead atoms. The Bertz CT molecular complexity index is 1040. The van der Waals surface area contributed by atoms with E-state index in [-0.39, 0.29) is 30.4 Å². The molecule has 1 atom stereocenters. The van der Waals surface area contributed by atoms with E-state index in [1.54, 1.807) is 21.9 Å². The summed E-state index contributed by atoms with van der Waals surface area (Å²) in [6.45, 7) is 10.1. The Morgan fingerprint density at radius 3 is 2.48 bits per heavy atom. The molecule has 0 spiro atoms. The number of carbonyl (C=O) groups excluding carboxylic acids is 2. The van der Waals surface area contributed by atoms with Crippen molar-refractivity contribution in [1.29, 1.82) is 0 Å². The molecule has 2 aromatic carbocycles. The van der Waals surface area contributed by atoms with Gasteiger partial charge in [0.15, 0.2) is 0 Å². The fourth-order valence-electron chi connectivity index (χ4n) is 4.55. The second-order valence-electron chi connectivity index (χ2n) is 9.88. The third-order valence-corrected chi connectivity index (χ3v) is 6.15. The van der Waals surface area contributed by atoms with E-state index in [1.165, 1.54) is 0 Å². The molecule has 0 radical (unpaired) electrons. The summed E-state index contributed by atoms with van der Waals surface area (Å²) in [6.07, 6.45) is 0.334. The number of carbonyl (C=O) groups is 2. The van der Waals surface area contributed by atoms with E-state index in [2.05, 4.69) is 4.90 Å². The molecule has 1 fully saturated rings. The Morgan fingerprint density at radius 1 is 1.09 bits per heavy atom. The fraction of sp³-hybridized carbons (Fsp3) is 0.462. The number of piperazine rings is 1. The summed E-state index contributed by atoms with van der Waals surface area (Å²) in [5.74, 6) is -0.265. The van der Waals surface area contributed by atoms with Crippen molar-refractivity contribution in [2.45, 2.75) is 45.8 Å². The number of halogens is 1. The standard InChI is InChI=1S/C26H32FN3O3/c1-18-16-28(12-13-29(18)25(32)33-26(2,3)4)17-24(31)30-11-10-20-14-22(27)21(15-23(20)30)19-8-6-5-7-9-19/h5-9,14-15,18H,10-13,16-17H2,1-4H3/t18-/m1/s1. The van der Waals surface area contributed by atoms with Crippen molar-refractivity contribution in [3.05, 3.63) is 53.8 Å². The first kappa shape index (κ1) is 23.2. The molecule has 33 heavy (non-hydrogen) atoms. The first-order chi connectivity index (χ1) is 15.6. The third kappa shape index (κ3) is 5.19. The average Bonchev–Trinajstić information content (AvgIpc) is 3.15. The monoisotopic (exact) mass is 453 g/mol. The molecule has 0 saturated carbocycles. The van der Waals surface area contributed by atoms with Gasteiger partial charge >= 0.3 is 6.09 Å². The summed E-state index contributed by atoms with van der Waals surface area (Å²) in [5.41, 5.74) is 2.42. The fourth-order valence-corrected chi connectivity index (χ4v) is 4.55. The molecule has 2 aromatic rings. The van der Waals surface area contributed by atoms with Crippen LogP contribution in [0.25, 0.3) is 11.1 Å². The summed E-state index contributed by atoms with van der Waals surface area (Å²) in [4.78, 5) is 31.2. The molecule has 2 heterocycles. The highest BCUT2D eigenvalue weighted by atomic mass is 19.1. The maximum atomic E-state index is 14.7. The van der Waals surface area contributed by atoms with E-state index in [9.17, 15) is 14.0 Å². The van der Waals surface area contributed by atoms with Crippen LogP contribution in [0.1, 0.15) is 33.3 Å². The minimum atomic E-state index is -0.537. The van der Waals surface area contributed by atoms with Gasteiger partial charge in [-0.2, -0.15) is 0 Å². The zero-order valence-corrected chi connectivity index (χ0v) is 19.8. The number of anilines is 1. The second kappa shape index (κ2) is 9.14. The van der Waals surface area contributed by atoms with Crippen molar-refractivity contribution >= 4 is 17.7 Å². The van der Waals surface area contributed by atoms with Gasteiger partial charge in [0.05, 0.1) is 6.54 Å². The van der Waals surface area contributed by atoms with Crippen LogP contribution in [0.15, 0.2) is 42.5 Å². The van der Waals surface area contributed by atoms with Crippen LogP contribution in [-0.4, -0.2) is 66.2 Å². The zero-order valence-electron chi connectivity index (χ0n) is 19.8. The van der Waals surface area contributed by atoms with Crippen LogP contribution >= 0.6 is 0 Å². The third-order valence-electron chi connectivity index (χ3n) is 6.15. The lowest BCUT2D eigenvalue weighted by Gasteiger charge is -2.40. The summed E-state index contributed by atoms with van der Waals surface area (Å²) in [7, 11) is 0. The van der Waals surface area contributed by atoms with Crippen molar-refractivity contribution < 1.29 is 18.7 Å².